The van der Waals surface area contributed by atoms with Gasteiger partial charge in [-0.1, -0.05) is 12.1 Å². The van der Waals surface area contributed by atoms with Crippen LogP contribution in [0, 0.1) is 0 Å². The third-order valence-electron chi connectivity index (χ3n) is 4.09. The van der Waals surface area contributed by atoms with Crippen LogP contribution in [0.15, 0.2) is 24.3 Å². The van der Waals surface area contributed by atoms with E-state index in [4.69, 9.17) is 0 Å². The molecule has 0 radical (unpaired) electrons. The molecule has 0 saturated heterocycles. The Bertz CT molecular complexity index is 755. The highest BCUT2D eigenvalue weighted by atomic mass is 35.5. The van der Waals surface area contributed by atoms with E-state index in [1.54, 1.807) is 31.1 Å². The number of H-pyrrole nitrogens is 1. The van der Waals surface area contributed by atoms with Crippen LogP contribution >= 0.6 is 12.4 Å². The molecule has 0 aliphatic carbocycles. The van der Waals surface area contributed by atoms with Crippen LogP contribution in [0.25, 0.3) is 0 Å². The Balaban J connectivity index is 0.00000225. The van der Waals surface area contributed by atoms with Gasteiger partial charge in [-0.25, -0.2) is 0 Å². The topological polar surface area (TPSA) is 90.1 Å². The molecule has 2 aromatic rings. The molecule has 7 nitrogen and oxygen atoms in total. The summed E-state index contributed by atoms with van der Waals surface area (Å²) in [5.41, 5.74) is 3.99. The molecule has 0 unspecified atom stereocenters. The zero-order valence-corrected chi connectivity index (χ0v) is 15.1. The van der Waals surface area contributed by atoms with Crippen molar-refractivity contribution >= 4 is 29.9 Å². The highest BCUT2D eigenvalue weighted by Gasteiger charge is 2.21. The van der Waals surface area contributed by atoms with Crippen molar-refractivity contribution in [1.82, 2.24) is 20.4 Å². The Hall–Kier alpha value is -2.38. The van der Waals surface area contributed by atoms with Crippen LogP contribution in [-0.2, 0) is 24.2 Å². The minimum absolute atomic E-state index is 0. The van der Waals surface area contributed by atoms with Crippen LogP contribution in [0.5, 0.6) is 0 Å². The lowest BCUT2D eigenvalue weighted by Crippen LogP contribution is -2.25. The molecule has 0 saturated carbocycles. The van der Waals surface area contributed by atoms with E-state index in [2.05, 4.69) is 20.8 Å². The molecular weight excluding hydrogens is 342 g/mol. The van der Waals surface area contributed by atoms with Crippen molar-refractivity contribution < 1.29 is 9.59 Å². The maximum Gasteiger partial charge on any atom is 0.276 e. The zero-order valence-electron chi connectivity index (χ0n) is 14.3. The number of aromatic amines is 1. The highest BCUT2D eigenvalue weighted by molar-refractivity contribution is 6.04. The Morgan fingerprint density at radius 2 is 1.96 bits per heavy atom. The van der Waals surface area contributed by atoms with Crippen molar-refractivity contribution in [2.45, 2.75) is 19.4 Å². The van der Waals surface area contributed by atoms with E-state index >= 15 is 0 Å². The lowest BCUT2D eigenvalue weighted by molar-refractivity contribution is -0.127. The van der Waals surface area contributed by atoms with Crippen molar-refractivity contribution in [2.24, 2.45) is 0 Å². The predicted molar refractivity (Wildman–Crippen MR) is 98.0 cm³/mol. The van der Waals surface area contributed by atoms with Gasteiger partial charge in [-0.15, -0.1) is 12.4 Å². The zero-order chi connectivity index (χ0) is 17.1. The number of hydrogen-bond donors (Lipinski definition) is 3. The number of carbonyl (C=O) groups excluding carboxylic acids is 2. The van der Waals surface area contributed by atoms with Crippen LogP contribution in [0.4, 0.5) is 5.69 Å². The molecule has 3 rings (SSSR count). The van der Waals surface area contributed by atoms with Gasteiger partial charge in [0.1, 0.15) is 0 Å². The molecule has 8 heteroatoms. The number of fused-ring (bicyclic) bond motifs is 1. The van der Waals surface area contributed by atoms with E-state index in [1.165, 1.54) is 0 Å². The van der Waals surface area contributed by atoms with Gasteiger partial charge in [-0.2, -0.15) is 5.10 Å². The number of rotatable bonds is 4. The Morgan fingerprint density at radius 1 is 1.24 bits per heavy atom. The lowest BCUT2D eigenvalue weighted by atomic mass is 10.1. The Kier molecular flexibility index (Phi) is 6.17. The summed E-state index contributed by atoms with van der Waals surface area (Å²) in [6, 6.07) is 7.29. The van der Waals surface area contributed by atoms with Gasteiger partial charge in [0, 0.05) is 50.6 Å². The summed E-state index contributed by atoms with van der Waals surface area (Å²) >= 11 is 0. The summed E-state index contributed by atoms with van der Waals surface area (Å²) in [5.74, 6) is -0.184. The van der Waals surface area contributed by atoms with E-state index in [0.29, 0.717) is 24.3 Å². The monoisotopic (exact) mass is 363 g/mol. The number of amides is 2. The number of aromatic nitrogens is 2. The summed E-state index contributed by atoms with van der Waals surface area (Å²) < 4.78 is 0. The molecule has 134 valence electrons. The van der Waals surface area contributed by atoms with Gasteiger partial charge in [0.2, 0.25) is 5.91 Å². The van der Waals surface area contributed by atoms with Crippen LogP contribution in [0.3, 0.4) is 0 Å². The van der Waals surface area contributed by atoms with Crippen molar-refractivity contribution in [3.8, 4) is 0 Å². The first-order valence-electron chi connectivity index (χ1n) is 7.92. The number of anilines is 1. The first-order chi connectivity index (χ1) is 11.5. The van der Waals surface area contributed by atoms with Gasteiger partial charge < -0.3 is 15.5 Å². The van der Waals surface area contributed by atoms with Crippen LogP contribution in [-0.4, -0.2) is 47.6 Å². The molecule has 0 fully saturated rings. The first kappa shape index (κ1) is 19.0. The summed E-state index contributed by atoms with van der Waals surface area (Å²) in [5, 5.41) is 13.2. The largest absolute Gasteiger partial charge is 0.349 e. The minimum atomic E-state index is -0.228. The molecule has 1 aliphatic heterocycles. The second-order valence-corrected chi connectivity index (χ2v) is 6.07. The first-order valence-corrected chi connectivity index (χ1v) is 7.92. The molecule has 1 aliphatic rings. The number of hydrogen-bond acceptors (Lipinski definition) is 4. The molecule has 0 atom stereocenters. The van der Waals surface area contributed by atoms with Crippen LogP contribution in [0.1, 0.15) is 27.3 Å². The van der Waals surface area contributed by atoms with Gasteiger partial charge in [-0.3, -0.25) is 14.7 Å². The molecule has 1 aromatic carbocycles. The van der Waals surface area contributed by atoms with Gasteiger partial charge in [0.05, 0.1) is 6.42 Å². The van der Waals surface area contributed by atoms with Gasteiger partial charge in [-0.05, 0) is 17.7 Å². The fraction of sp³-hybridized carbons (Fsp3) is 0.353. The second-order valence-electron chi connectivity index (χ2n) is 6.07. The van der Waals surface area contributed by atoms with Gasteiger partial charge >= 0.3 is 0 Å². The molecule has 1 aromatic heterocycles. The van der Waals surface area contributed by atoms with Crippen molar-refractivity contribution in [2.75, 3.05) is 26.0 Å². The third-order valence-corrected chi connectivity index (χ3v) is 4.09. The second kappa shape index (κ2) is 8.13. The highest BCUT2D eigenvalue weighted by Crippen LogP contribution is 2.17. The number of benzene rings is 1. The lowest BCUT2D eigenvalue weighted by Gasteiger charge is -2.13. The average Bonchev–Trinajstić information content (AvgIpc) is 3.00. The van der Waals surface area contributed by atoms with Gasteiger partial charge in [0.15, 0.2) is 5.69 Å². The van der Waals surface area contributed by atoms with Crippen molar-refractivity contribution in [3.63, 3.8) is 0 Å². The van der Waals surface area contributed by atoms with E-state index in [1.807, 2.05) is 12.1 Å². The van der Waals surface area contributed by atoms with E-state index in [-0.39, 0.29) is 24.2 Å². The Labute approximate surface area is 152 Å². The van der Waals surface area contributed by atoms with E-state index < -0.39 is 0 Å². The SMILES string of the molecule is CN(C)C(=O)Cc1ccc(NC(=O)c2n[nH]c3c2CNCC3)cc1.Cl. The van der Waals surface area contributed by atoms with E-state index in [9.17, 15) is 9.59 Å². The maximum absolute atomic E-state index is 12.4. The average molecular weight is 364 g/mol. The van der Waals surface area contributed by atoms with Crippen LogP contribution in [0.2, 0.25) is 0 Å². The Morgan fingerprint density at radius 3 is 2.64 bits per heavy atom. The molecule has 2 amide bonds. The number of halogens is 1. The standard InChI is InChI=1S/C17H21N5O2.ClH/c1-22(2)15(23)9-11-3-5-12(6-4-11)19-17(24)16-13-10-18-8-7-14(13)20-21-16;/h3-6,18H,7-10H2,1-2H3,(H,19,24)(H,20,21);1H. The summed E-state index contributed by atoms with van der Waals surface area (Å²) in [6.07, 6.45) is 1.20. The summed E-state index contributed by atoms with van der Waals surface area (Å²) in [4.78, 5) is 25.7. The quantitative estimate of drug-likeness (QED) is 0.765. The number of carbonyl (C=O) groups is 2. The normalized spacial score (nSPS) is 12.7. The molecule has 25 heavy (non-hydrogen) atoms. The molecule has 0 spiro atoms. The third kappa shape index (κ3) is 4.37. The summed E-state index contributed by atoms with van der Waals surface area (Å²) in [6.45, 7) is 1.55. The predicted octanol–water partition coefficient (Wildman–Crippen LogP) is 1.36. The minimum Gasteiger partial charge on any atom is -0.349 e. The fourth-order valence-electron chi connectivity index (χ4n) is 2.64. The maximum atomic E-state index is 12.4. The number of likely N-dealkylation sites (N-methyl/N-ethyl adjacent to an activating group) is 1. The molecule has 2 heterocycles. The van der Waals surface area contributed by atoms with Crippen molar-refractivity contribution in [3.05, 3.63) is 46.8 Å². The molecule has 0 bridgehead atoms. The van der Waals surface area contributed by atoms with Crippen molar-refractivity contribution in [1.29, 1.82) is 0 Å². The molecule has 3 N–H and O–H groups in total. The number of nitrogens with zero attached hydrogens (tertiary/aromatic N) is 2. The molecular formula is C17H22ClN5O2. The smallest absolute Gasteiger partial charge is 0.276 e. The fourth-order valence-corrected chi connectivity index (χ4v) is 2.64. The summed E-state index contributed by atoms with van der Waals surface area (Å²) in [7, 11) is 3.46. The van der Waals surface area contributed by atoms with E-state index in [0.717, 1.165) is 29.8 Å². The van der Waals surface area contributed by atoms with Gasteiger partial charge in [0.25, 0.3) is 5.91 Å². The van der Waals surface area contributed by atoms with Crippen LogP contribution < -0.4 is 10.6 Å². The number of nitrogens with one attached hydrogen (secondary N) is 3.